The topological polar surface area (TPSA) is 58.6 Å². The average molecular weight is 221 g/mol. The first-order valence-electron chi connectivity index (χ1n) is 5.33. The molecule has 1 aliphatic rings. The number of benzene rings is 1. The Morgan fingerprint density at radius 1 is 1.56 bits per heavy atom. The van der Waals surface area contributed by atoms with Gasteiger partial charge in [-0.3, -0.25) is 4.79 Å². The summed E-state index contributed by atoms with van der Waals surface area (Å²) in [5.74, 6) is 0.789. The van der Waals surface area contributed by atoms with Crippen LogP contribution in [0, 0.1) is 0 Å². The second-order valence-corrected chi connectivity index (χ2v) is 3.90. The van der Waals surface area contributed by atoms with Gasteiger partial charge in [-0.05, 0) is 18.1 Å². The first-order valence-corrected chi connectivity index (χ1v) is 5.33. The van der Waals surface area contributed by atoms with Crippen LogP contribution in [0.5, 0.6) is 11.5 Å². The third-order valence-corrected chi connectivity index (χ3v) is 2.88. The molecule has 0 aromatic heterocycles. The lowest BCUT2D eigenvalue weighted by Crippen LogP contribution is -2.29. The zero-order valence-electron chi connectivity index (χ0n) is 9.19. The van der Waals surface area contributed by atoms with E-state index in [-0.39, 0.29) is 17.6 Å². The van der Waals surface area contributed by atoms with Gasteiger partial charge in [0.05, 0.1) is 13.2 Å². The van der Waals surface area contributed by atoms with Crippen LogP contribution in [0.2, 0.25) is 0 Å². The highest BCUT2D eigenvalue weighted by Gasteiger charge is 2.25. The molecule has 0 bridgehead atoms. The minimum absolute atomic E-state index is 0.131. The van der Waals surface area contributed by atoms with Gasteiger partial charge < -0.3 is 15.2 Å². The van der Waals surface area contributed by atoms with Gasteiger partial charge in [-0.2, -0.15) is 0 Å². The van der Waals surface area contributed by atoms with Crippen LogP contribution in [-0.2, 0) is 11.2 Å². The fourth-order valence-corrected chi connectivity index (χ4v) is 1.96. The summed E-state index contributed by atoms with van der Waals surface area (Å²) in [6.07, 6.45) is 1.09. The fourth-order valence-electron chi connectivity index (χ4n) is 1.96. The Morgan fingerprint density at radius 2 is 2.38 bits per heavy atom. The summed E-state index contributed by atoms with van der Waals surface area (Å²) in [6.45, 7) is 0.730. The molecule has 1 atom stereocenters. The number of aromatic hydroxyl groups is 1. The van der Waals surface area contributed by atoms with E-state index in [2.05, 4.69) is 5.32 Å². The number of hydrogen-bond acceptors (Lipinski definition) is 4. The third-order valence-electron chi connectivity index (χ3n) is 2.88. The van der Waals surface area contributed by atoms with Gasteiger partial charge >= 0.3 is 0 Å². The lowest BCUT2D eigenvalue weighted by Gasteiger charge is -2.12. The molecule has 1 heterocycles. The zero-order valence-corrected chi connectivity index (χ0v) is 9.19. The quantitative estimate of drug-likeness (QED) is 0.795. The number of phenols is 1. The molecule has 1 fully saturated rings. The summed E-state index contributed by atoms with van der Waals surface area (Å²) >= 11 is 0. The predicted octanol–water partition coefficient (Wildman–Crippen LogP) is 0.874. The van der Waals surface area contributed by atoms with E-state index in [0.717, 1.165) is 12.1 Å². The van der Waals surface area contributed by atoms with Gasteiger partial charge in [0.1, 0.15) is 0 Å². The Hall–Kier alpha value is -1.55. The Bertz CT molecular complexity index is 403. The molecule has 1 aromatic rings. The largest absolute Gasteiger partial charge is 0.504 e. The summed E-state index contributed by atoms with van der Waals surface area (Å²) in [5.41, 5.74) is 0.743. The smallest absolute Gasteiger partial charge is 0.160 e. The highest BCUT2D eigenvalue weighted by molar-refractivity contribution is 5.86. The molecule has 1 saturated heterocycles. The van der Waals surface area contributed by atoms with Crippen LogP contribution in [0.15, 0.2) is 18.2 Å². The molecule has 1 aliphatic heterocycles. The molecule has 1 unspecified atom stereocenters. The molecule has 1 aromatic carbocycles. The van der Waals surface area contributed by atoms with Crippen molar-refractivity contribution in [3.63, 3.8) is 0 Å². The van der Waals surface area contributed by atoms with E-state index < -0.39 is 0 Å². The second-order valence-electron chi connectivity index (χ2n) is 3.90. The normalized spacial score (nSPS) is 20.1. The van der Waals surface area contributed by atoms with Crippen LogP contribution in [0.25, 0.3) is 0 Å². The Labute approximate surface area is 94.2 Å². The molecule has 2 rings (SSSR count). The van der Waals surface area contributed by atoms with E-state index in [0.29, 0.717) is 18.6 Å². The van der Waals surface area contributed by atoms with E-state index >= 15 is 0 Å². The number of ketones is 1. The molecule has 0 radical (unpaired) electrons. The molecular weight excluding hydrogens is 206 g/mol. The Morgan fingerprint density at radius 3 is 3.00 bits per heavy atom. The molecule has 0 spiro atoms. The van der Waals surface area contributed by atoms with E-state index in [9.17, 15) is 9.90 Å². The highest BCUT2D eigenvalue weighted by Crippen LogP contribution is 2.30. The molecule has 0 saturated carbocycles. The van der Waals surface area contributed by atoms with Gasteiger partial charge in [-0.25, -0.2) is 0 Å². The van der Waals surface area contributed by atoms with Crippen molar-refractivity contribution in [2.75, 3.05) is 13.7 Å². The van der Waals surface area contributed by atoms with E-state index in [1.807, 2.05) is 12.1 Å². The summed E-state index contributed by atoms with van der Waals surface area (Å²) in [4.78, 5) is 11.5. The number of phenolic OH excluding ortho intramolecular Hbond substituents is 1. The SMILES string of the molecule is COc1cccc(CC2NCCC2=O)c1O. The number of carbonyl (C=O) groups excluding carboxylic acids is 1. The summed E-state index contributed by atoms with van der Waals surface area (Å²) in [7, 11) is 1.51. The lowest BCUT2D eigenvalue weighted by atomic mass is 10.0. The number of nitrogens with one attached hydrogen (secondary N) is 1. The van der Waals surface area contributed by atoms with E-state index in [1.165, 1.54) is 7.11 Å². The number of Topliss-reactive ketones (excluding diaryl/α,β-unsaturated/α-hetero) is 1. The highest BCUT2D eigenvalue weighted by atomic mass is 16.5. The molecule has 2 N–H and O–H groups in total. The Balaban J connectivity index is 2.18. The first kappa shape index (κ1) is 11.0. The monoisotopic (exact) mass is 221 g/mol. The van der Waals surface area contributed by atoms with Crippen molar-refractivity contribution >= 4 is 5.78 Å². The minimum atomic E-state index is -0.169. The van der Waals surface area contributed by atoms with Crippen LogP contribution in [-0.4, -0.2) is 30.6 Å². The van der Waals surface area contributed by atoms with E-state index in [4.69, 9.17) is 4.74 Å². The van der Waals surface area contributed by atoms with Crippen LogP contribution in [0.1, 0.15) is 12.0 Å². The number of ether oxygens (including phenoxy) is 1. The average Bonchev–Trinajstić information content (AvgIpc) is 2.68. The number of para-hydroxylation sites is 1. The summed E-state index contributed by atoms with van der Waals surface area (Å²) < 4.78 is 5.02. The molecule has 4 heteroatoms. The van der Waals surface area contributed by atoms with Crippen molar-refractivity contribution in [3.8, 4) is 11.5 Å². The maximum Gasteiger partial charge on any atom is 0.160 e. The predicted molar refractivity (Wildman–Crippen MR) is 59.8 cm³/mol. The van der Waals surface area contributed by atoms with Gasteiger partial charge in [0.2, 0.25) is 0 Å². The maximum atomic E-state index is 11.5. The molecule has 16 heavy (non-hydrogen) atoms. The van der Waals surface area contributed by atoms with Gasteiger partial charge in [-0.1, -0.05) is 12.1 Å². The van der Waals surface area contributed by atoms with Crippen LogP contribution in [0.4, 0.5) is 0 Å². The Kier molecular flexibility index (Phi) is 3.10. The van der Waals surface area contributed by atoms with Crippen molar-refractivity contribution in [1.29, 1.82) is 0 Å². The van der Waals surface area contributed by atoms with Crippen molar-refractivity contribution in [1.82, 2.24) is 5.32 Å². The summed E-state index contributed by atoms with van der Waals surface area (Å²) in [6, 6.07) is 5.15. The van der Waals surface area contributed by atoms with Gasteiger partial charge in [0, 0.05) is 13.0 Å². The second kappa shape index (κ2) is 4.53. The molecule has 86 valence electrons. The van der Waals surface area contributed by atoms with Crippen LogP contribution in [0.3, 0.4) is 0 Å². The number of methoxy groups -OCH3 is 1. The van der Waals surface area contributed by atoms with Crippen molar-refractivity contribution in [3.05, 3.63) is 23.8 Å². The standard InChI is InChI=1S/C12H15NO3/c1-16-11-4-2-3-8(12(11)15)7-9-10(14)5-6-13-9/h2-4,9,13,15H,5-7H2,1H3. The van der Waals surface area contributed by atoms with E-state index in [1.54, 1.807) is 6.07 Å². The van der Waals surface area contributed by atoms with Crippen LogP contribution >= 0.6 is 0 Å². The van der Waals surface area contributed by atoms with Crippen molar-refractivity contribution in [2.24, 2.45) is 0 Å². The molecule has 0 amide bonds. The molecule has 0 aliphatic carbocycles. The zero-order chi connectivity index (χ0) is 11.5. The van der Waals surface area contributed by atoms with Crippen LogP contribution < -0.4 is 10.1 Å². The third kappa shape index (κ3) is 2.02. The first-order chi connectivity index (χ1) is 7.72. The minimum Gasteiger partial charge on any atom is -0.504 e. The lowest BCUT2D eigenvalue weighted by molar-refractivity contribution is -0.118. The molecular formula is C12H15NO3. The maximum absolute atomic E-state index is 11.5. The number of hydrogen-bond donors (Lipinski definition) is 2. The van der Waals surface area contributed by atoms with Gasteiger partial charge in [0.15, 0.2) is 17.3 Å². The summed E-state index contributed by atoms with van der Waals surface area (Å²) in [5, 5.41) is 13.0. The molecule has 4 nitrogen and oxygen atoms in total. The fraction of sp³-hybridized carbons (Fsp3) is 0.417. The van der Waals surface area contributed by atoms with Crippen molar-refractivity contribution < 1.29 is 14.6 Å². The van der Waals surface area contributed by atoms with Gasteiger partial charge in [-0.15, -0.1) is 0 Å². The van der Waals surface area contributed by atoms with Crippen molar-refractivity contribution in [2.45, 2.75) is 18.9 Å². The number of carbonyl (C=O) groups is 1. The number of rotatable bonds is 3. The van der Waals surface area contributed by atoms with Gasteiger partial charge in [0.25, 0.3) is 0 Å².